The highest BCUT2D eigenvalue weighted by atomic mass is 35.5. The Morgan fingerprint density at radius 2 is 1.55 bits per heavy atom. The number of hydrogen-bond acceptors (Lipinski definition) is 2. The van der Waals surface area contributed by atoms with Gasteiger partial charge in [-0.25, -0.2) is 0 Å². The number of nitrogens with one attached hydrogen (secondary N) is 1. The van der Waals surface area contributed by atoms with Gasteiger partial charge in [-0.1, -0.05) is 89.9 Å². The fourth-order valence-electron chi connectivity index (χ4n) is 5.59. The third-order valence-corrected chi connectivity index (χ3v) is 7.62. The molecule has 0 radical (unpaired) electrons. The lowest BCUT2D eigenvalue weighted by atomic mass is 9.70. The van der Waals surface area contributed by atoms with Crippen LogP contribution in [0.15, 0.2) is 78.9 Å². The molecule has 0 saturated carbocycles. The Balaban J connectivity index is 1.54. The Kier molecular flexibility index (Phi) is 6.34. The molecule has 0 aromatic heterocycles. The molecular weight excluding hydrogens is 423 g/mol. The van der Waals surface area contributed by atoms with Crippen LogP contribution in [0.5, 0.6) is 0 Å². The van der Waals surface area contributed by atoms with E-state index < -0.39 is 0 Å². The molecule has 2 nitrogen and oxygen atoms in total. The molecule has 3 saturated heterocycles. The van der Waals surface area contributed by atoms with Crippen LogP contribution >= 0.6 is 23.2 Å². The molecule has 3 heterocycles. The normalized spacial score (nSPS) is 26.0. The zero-order valence-electron chi connectivity index (χ0n) is 17.6. The predicted molar refractivity (Wildman–Crippen MR) is 130 cm³/mol. The van der Waals surface area contributed by atoms with Crippen LogP contribution in [0.2, 0.25) is 10.0 Å². The fourth-order valence-corrected chi connectivity index (χ4v) is 6.12. The van der Waals surface area contributed by atoms with Crippen LogP contribution in [0.1, 0.15) is 35.4 Å². The molecule has 1 N–H and O–H groups in total. The minimum Gasteiger partial charge on any atom is -0.308 e. The Hall–Kier alpha value is -1.84. The molecule has 6 rings (SSSR count). The quantitative estimate of drug-likeness (QED) is 0.468. The SMILES string of the molecule is Clc1ccc(C(c2ccccc2)[C@H]2[C@H](NCc3ccccc3)C3CCN2CC3)c(Cl)c1. The topological polar surface area (TPSA) is 15.3 Å². The third kappa shape index (κ3) is 4.40. The van der Waals surface area contributed by atoms with Gasteiger partial charge in [0.25, 0.3) is 0 Å². The van der Waals surface area contributed by atoms with Crippen molar-refractivity contribution in [3.63, 3.8) is 0 Å². The van der Waals surface area contributed by atoms with Crippen molar-refractivity contribution in [1.29, 1.82) is 0 Å². The molecule has 3 fully saturated rings. The molecule has 3 atom stereocenters. The van der Waals surface area contributed by atoms with Gasteiger partial charge in [0.1, 0.15) is 0 Å². The molecule has 0 amide bonds. The van der Waals surface area contributed by atoms with Gasteiger partial charge in [0.15, 0.2) is 0 Å². The summed E-state index contributed by atoms with van der Waals surface area (Å²) in [4.78, 5) is 2.69. The smallest absolute Gasteiger partial charge is 0.0459 e. The van der Waals surface area contributed by atoms with Gasteiger partial charge in [-0.15, -0.1) is 0 Å². The van der Waals surface area contributed by atoms with Crippen molar-refractivity contribution in [3.8, 4) is 0 Å². The molecule has 3 aliphatic heterocycles. The van der Waals surface area contributed by atoms with E-state index in [1.807, 2.05) is 12.1 Å². The van der Waals surface area contributed by atoms with Crippen molar-refractivity contribution in [2.24, 2.45) is 5.92 Å². The molecule has 2 bridgehead atoms. The second-order valence-corrected chi connectivity index (χ2v) is 9.65. The van der Waals surface area contributed by atoms with Gasteiger partial charge in [-0.05, 0) is 60.7 Å². The summed E-state index contributed by atoms with van der Waals surface area (Å²) in [6.07, 6.45) is 2.53. The summed E-state index contributed by atoms with van der Waals surface area (Å²) in [6.45, 7) is 3.21. The van der Waals surface area contributed by atoms with Crippen LogP contribution in [0.4, 0.5) is 0 Å². The molecule has 3 aliphatic rings. The Labute approximate surface area is 195 Å². The van der Waals surface area contributed by atoms with Crippen LogP contribution in [-0.4, -0.2) is 30.1 Å². The van der Waals surface area contributed by atoms with Crippen LogP contribution in [-0.2, 0) is 6.54 Å². The summed E-state index contributed by atoms with van der Waals surface area (Å²) in [5, 5.41) is 5.40. The van der Waals surface area contributed by atoms with Gasteiger partial charge in [-0.2, -0.15) is 0 Å². The average Bonchev–Trinajstić information content (AvgIpc) is 2.82. The fraction of sp³-hybridized carbons (Fsp3) is 0.333. The van der Waals surface area contributed by atoms with E-state index in [1.54, 1.807) is 0 Å². The van der Waals surface area contributed by atoms with Crippen molar-refractivity contribution >= 4 is 23.2 Å². The van der Waals surface area contributed by atoms with Crippen molar-refractivity contribution in [2.45, 2.75) is 37.4 Å². The minimum atomic E-state index is 0.197. The van der Waals surface area contributed by atoms with E-state index in [4.69, 9.17) is 23.2 Å². The molecular formula is C27H28Cl2N2. The zero-order chi connectivity index (χ0) is 21.2. The summed E-state index contributed by atoms with van der Waals surface area (Å²) in [7, 11) is 0. The number of halogens is 2. The highest BCUT2D eigenvalue weighted by Gasteiger charge is 2.46. The van der Waals surface area contributed by atoms with Crippen LogP contribution in [0.25, 0.3) is 0 Å². The van der Waals surface area contributed by atoms with Crippen LogP contribution in [0.3, 0.4) is 0 Å². The molecule has 3 aromatic carbocycles. The molecule has 31 heavy (non-hydrogen) atoms. The highest BCUT2D eigenvalue weighted by molar-refractivity contribution is 6.35. The third-order valence-electron chi connectivity index (χ3n) is 7.05. The van der Waals surface area contributed by atoms with Gasteiger partial charge in [0.2, 0.25) is 0 Å². The number of hydrogen-bond donors (Lipinski definition) is 1. The Bertz CT molecular complexity index is 1000. The lowest BCUT2D eigenvalue weighted by Gasteiger charge is -2.54. The molecule has 4 heteroatoms. The van der Waals surface area contributed by atoms with Gasteiger partial charge in [-0.3, -0.25) is 4.90 Å². The first kappa shape index (κ1) is 21.0. The summed E-state index contributed by atoms with van der Waals surface area (Å²) in [6, 6.07) is 28.3. The monoisotopic (exact) mass is 450 g/mol. The molecule has 0 aliphatic carbocycles. The lowest BCUT2D eigenvalue weighted by Crippen LogP contribution is -2.64. The van der Waals surface area contributed by atoms with Crippen LogP contribution < -0.4 is 5.32 Å². The van der Waals surface area contributed by atoms with Gasteiger partial charge in [0, 0.05) is 34.6 Å². The van der Waals surface area contributed by atoms with E-state index in [-0.39, 0.29) is 5.92 Å². The maximum atomic E-state index is 6.79. The minimum absolute atomic E-state index is 0.197. The number of benzene rings is 3. The van der Waals surface area contributed by atoms with Crippen LogP contribution in [0, 0.1) is 5.92 Å². The molecule has 160 valence electrons. The first-order valence-electron chi connectivity index (χ1n) is 11.2. The number of rotatable bonds is 6. The van der Waals surface area contributed by atoms with E-state index in [1.165, 1.54) is 29.5 Å². The predicted octanol–water partition coefficient (Wildman–Crippen LogP) is 6.38. The number of fused-ring (bicyclic) bond motifs is 3. The maximum absolute atomic E-state index is 6.79. The summed E-state index contributed by atoms with van der Waals surface area (Å²) in [5.41, 5.74) is 3.82. The summed E-state index contributed by atoms with van der Waals surface area (Å²) < 4.78 is 0. The van der Waals surface area contributed by atoms with Gasteiger partial charge < -0.3 is 5.32 Å². The first-order chi connectivity index (χ1) is 15.2. The van der Waals surface area contributed by atoms with Crippen molar-refractivity contribution in [2.75, 3.05) is 13.1 Å². The Morgan fingerprint density at radius 1 is 0.871 bits per heavy atom. The summed E-state index contributed by atoms with van der Waals surface area (Å²) >= 11 is 13.0. The molecule has 1 unspecified atom stereocenters. The van der Waals surface area contributed by atoms with E-state index in [2.05, 4.69) is 76.9 Å². The second kappa shape index (κ2) is 9.34. The second-order valence-electron chi connectivity index (χ2n) is 8.81. The summed E-state index contributed by atoms with van der Waals surface area (Å²) in [5.74, 6) is 0.887. The van der Waals surface area contributed by atoms with E-state index in [0.29, 0.717) is 23.0 Å². The standard InChI is InChI=1S/C27H28Cl2N2/c28-22-11-12-23(24(29)17-22)25(20-9-5-2-6-10-20)27-26(21-13-15-31(27)16-14-21)30-18-19-7-3-1-4-8-19/h1-12,17,21,25-27,30H,13-16,18H2/t25?,26-,27+/m1/s1. The van der Waals surface area contributed by atoms with E-state index in [9.17, 15) is 0 Å². The first-order valence-corrected chi connectivity index (χ1v) is 12.0. The number of piperidine rings is 3. The van der Waals surface area contributed by atoms with E-state index >= 15 is 0 Å². The molecule has 0 spiro atoms. The lowest BCUT2D eigenvalue weighted by molar-refractivity contribution is 0.00469. The largest absolute Gasteiger partial charge is 0.308 e. The van der Waals surface area contributed by atoms with Gasteiger partial charge >= 0.3 is 0 Å². The van der Waals surface area contributed by atoms with Crippen molar-refractivity contribution in [1.82, 2.24) is 10.2 Å². The number of nitrogens with zero attached hydrogens (tertiary/aromatic N) is 1. The van der Waals surface area contributed by atoms with Gasteiger partial charge in [0.05, 0.1) is 0 Å². The zero-order valence-corrected chi connectivity index (χ0v) is 19.1. The van der Waals surface area contributed by atoms with E-state index in [0.717, 1.165) is 24.7 Å². The Morgan fingerprint density at radius 3 is 2.23 bits per heavy atom. The van der Waals surface area contributed by atoms with Crippen molar-refractivity contribution in [3.05, 3.63) is 106 Å². The average molecular weight is 451 g/mol. The molecule has 3 aromatic rings. The highest BCUT2D eigenvalue weighted by Crippen LogP contribution is 2.44. The maximum Gasteiger partial charge on any atom is 0.0459 e. The van der Waals surface area contributed by atoms with Crippen molar-refractivity contribution < 1.29 is 0 Å².